The lowest BCUT2D eigenvalue weighted by molar-refractivity contribution is -0.174. The lowest BCUT2D eigenvalue weighted by Crippen LogP contribution is -2.66. The first-order valence-electron chi connectivity index (χ1n) is 11.6. The van der Waals surface area contributed by atoms with Gasteiger partial charge in [0.1, 0.15) is 17.4 Å². The lowest BCUT2D eigenvalue weighted by Gasteiger charge is -2.48. The number of amides is 1. The first kappa shape index (κ1) is 26.0. The Morgan fingerprint density at radius 1 is 1.28 bits per heavy atom. The number of hydrogen-bond acceptors (Lipinski definition) is 9. The van der Waals surface area contributed by atoms with Gasteiger partial charge in [-0.3, -0.25) is 14.4 Å². The number of anilines is 1. The number of Topliss-reactive ketones (excluding diaryl/α,β-unsaturated/α-hetero) is 2. The van der Waals surface area contributed by atoms with Crippen LogP contribution in [0.2, 0.25) is 0 Å². The number of alkyl halides is 2. The van der Waals surface area contributed by atoms with E-state index in [0.29, 0.717) is 11.3 Å². The second-order valence-electron chi connectivity index (χ2n) is 9.91. The number of rotatable bonds is 6. The molecule has 2 saturated carbocycles. The number of phenolic OH excluding ortho intramolecular Hbond substituents is 1. The van der Waals surface area contributed by atoms with E-state index in [-0.39, 0.29) is 42.5 Å². The van der Waals surface area contributed by atoms with Crippen LogP contribution in [0.15, 0.2) is 11.6 Å². The van der Waals surface area contributed by atoms with E-state index >= 15 is 0 Å². The quantitative estimate of drug-likeness (QED) is 0.289. The Bertz CT molecular complexity index is 1170. The third-order valence-electron chi connectivity index (χ3n) is 7.54. The van der Waals surface area contributed by atoms with Crippen molar-refractivity contribution in [1.29, 1.82) is 0 Å². The Kier molecular flexibility index (Phi) is 6.56. The van der Waals surface area contributed by atoms with Crippen LogP contribution in [0.4, 0.5) is 14.5 Å². The molecule has 0 bridgehead atoms. The fourth-order valence-electron chi connectivity index (χ4n) is 5.88. The summed E-state index contributed by atoms with van der Waals surface area (Å²) in [6.45, 7) is -0.766. The number of aromatic hydroxyl groups is 1. The number of aliphatic hydroxyl groups excluding tert-OH is 2. The van der Waals surface area contributed by atoms with Gasteiger partial charge in [-0.15, -0.1) is 0 Å². The molecule has 0 aliphatic heterocycles. The molecule has 5 atom stereocenters. The summed E-state index contributed by atoms with van der Waals surface area (Å²) in [4.78, 5) is 40.1. The fraction of sp³-hybridized carbons (Fsp3) is 0.542. The Hall–Kier alpha value is -3.09. The molecular formula is C24H29F2N3O7. The molecule has 12 heteroatoms. The van der Waals surface area contributed by atoms with Crippen LogP contribution in [0.1, 0.15) is 29.5 Å². The molecule has 3 aliphatic carbocycles. The zero-order valence-electron chi connectivity index (χ0n) is 19.8. The zero-order chi connectivity index (χ0) is 26.7. The van der Waals surface area contributed by atoms with Gasteiger partial charge in [-0.1, -0.05) is 0 Å². The summed E-state index contributed by atoms with van der Waals surface area (Å²) in [7, 11) is 3.45. The van der Waals surface area contributed by atoms with E-state index in [1.54, 1.807) is 25.1 Å². The number of hydrogen-bond donors (Lipinski definition) is 6. The van der Waals surface area contributed by atoms with Gasteiger partial charge in [-0.05, 0) is 36.8 Å². The van der Waals surface area contributed by atoms with E-state index in [2.05, 4.69) is 5.32 Å². The topological polar surface area (TPSA) is 173 Å². The number of nitrogens with one attached hydrogen (secondary N) is 1. The average Bonchev–Trinajstić information content (AvgIpc) is 2.77. The van der Waals surface area contributed by atoms with Gasteiger partial charge in [-0.25, -0.2) is 8.78 Å². The minimum absolute atomic E-state index is 0.0562. The van der Waals surface area contributed by atoms with Crippen LogP contribution in [0, 0.1) is 17.8 Å². The highest BCUT2D eigenvalue weighted by atomic mass is 19.3. The number of ketones is 2. The van der Waals surface area contributed by atoms with Gasteiger partial charge in [0.2, 0.25) is 11.7 Å². The smallest absolute Gasteiger partial charge is 0.250 e. The van der Waals surface area contributed by atoms with Gasteiger partial charge < -0.3 is 36.4 Å². The lowest BCUT2D eigenvalue weighted by atomic mass is 9.56. The number of benzene rings is 1. The van der Waals surface area contributed by atoms with E-state index in [0.717, 1.165) is 0 Å². The number of nitrogens with two attached hydrogens (primary N) is 1. The first-order valence-corrected chi connectivity index (χ1v) is 11.6. The molecule has 10 nitrogen and oxygen atoms in total. The Balaban J connectivity index is 1.84. The summed E-state index contributed by atoms with van der Waals surface area (Å²) in [5.74, 6) is -7.92. The number of aliphatic hydroxyl groups is 3. The second kappa shape index (κ2) is 9.09. The van der Waals surface area contributed by atoms with Gasteiger partial charge in [0.25, 0.3) is 6.43 Å². The molecule has 1 aromatic rings. The zero-order valence-corrected chi connectivity index (χ0v) is 19.8. The molecule has 36 heavy (non-hydrogen) atoms. The molecule has 2 unspecified atom stereocenters. The predicted molar refractivity (Wildman–Crippen MR) is 123 cm³/mol. The van der Waals surface area contributed by atoms with Crippen LogP contribution in [-0.4, -0.2) is 76.7 Å². The summed E-state index contributed by atoms with van der Waals surface area (Å²) >= 11 is 0. The van der Waals surface area contributed by atoms with Crippen molar-refractivity contribution in [2.24, 2.45) is 23.5 Å². The van der Waals surface area contributed by atoms with Crippen molar-refractivity contribution in [3.05, 3.63) is 28.3 Å². The molecule has 4 rings (SSSR count). The van der Waals surface area contributed by atoms with Gasteiger partial charge in [0.15, 0.2) is 11.4 Å². The van der Waals surface area contributed by atoms with E-state index in [9.17, 15) is 43.6 Å². The van der Waals surface area contributed by atoms with Gasteiger partial charge in [0.05, 0.1) is 18.2 Å². The molecule has 0 saturated heterocycles. The number of fused-ring (bicyclic) bond motifs is 3. The average molecular weight is 510 g/mol. The number of nitrogens with zero attached hydrogens (tertiary/aromatic N) is 1. The maximum Gasteiger partial charge on any atom is 0.250 e. The summed E-state index contributed by atoms with van der Waals surface area (Å²) in [6.07, 6.45) is -4.05. The molecule has 196 valence electrons. The Morgan fingerprint density at radius 3 is 2.53 bits per heavy atom. The van der Waals surface area contributed by atoms with Crippen molar-refractivity contribution in [3.8, 4) is 5.75 Å². The highest BCUT2D eigenvalue weighted by molar-refractivity contribution is 6.24. The summed E-state index contributed by atoms with van der Waals surface area (Å²) in [5, 5.41) is 46.4. The maximum absolute atomic E-state index is 13.6. The maximum atomic E-state index is 13.6. The van der Waals surface area contributed by atoms with E-state index in [1.165, 1.54) is 0 Å². The summed E-state index contributed by atoms with van der Waals surface area (Å²) in [5.41, 5.74) is 3.55. The van der Waals surface area contributed by atoms with Gasteiger partial charge in [0, 0.05) is 43.4 Å². The Labute approximate surface area is 205 Å². The predicted octanol–water partition coefficient (Wildman–Crippen LogP) is 0.00960. The second-order valence-corrected chi connectivity index (χ2v) is 9.91. The van der Waals surface area contributed by atoms with Crippen LogP contribution >= 0.6 is 0 Å². The van der Waals surface area contributed by atoms with Crippen LogP contribution in [0.5, 0.6) is 5.75 Å². The molecule has 3 aliphatic rings. The van der Waals surface area contributed by atoms with E-state index in [4.69, 9.17) is 5.73 Å². The fourth-order valence-corrected chi connectivity index (χ4v) is 5.88. The van der Waals surface area contributed by atoms with Crippen molar-refractivity contribution in [3.63, 3.8) is 0 Å². The van der Waals surface area contributed by atoms with E-state index < -0.39 is 71.4 Å². The number of carbonyl (C=O) groups is 3. The van der Waals surface area contributed by atoms with Crippen molar-refractivity contribution in [1.82, 2.24) is 5.32 Å². The standard InChI is InChI=1S/C24H29F2N3O7/c1-29(2)13-5-10(7-28-8-15(25)26)19(31)17-12(13)4-9-3-11-6-14(30)18(23(27)35)22(34)24(11,36)21(33)16(9)20(17)32/h5,9,11,14-15,18,28,30-32,36H,3-4,6-8H2,1-2H3,(H2,27,35)/t9-,11+,14?,18?,24+/m1/s1. The monoisotopic (exact) mass is 509 g/mol. The molecule has 1 amide bonds. The molecule has 0 radical (unpaired) electrons. The van der Waals surface area contributed by atoms with Crippen LogP contribution in [0.3, 0.4) is 0 Å². The van der Waals surface area contributed by atoms with Gasteiger partial charge in [-0.2, -0.15) is 0 Å². The van der Waals surface area contributed by atoms with E-state index in [1.807, 2.05) is 0 Å². The molecule has 2 fully saturated rings. The Morgan fingerprint density at radius 2 is 1.94 bits per heavy atom. The van der Waals surface area contributed by atoms with Crippen LogP contribution in [0.25, 0.3) is 5.76 Å². The molecular weight excluding hydrogens is 480 g/mol. The van der Waals surface area contributed by atoms with Gasteiger partial charge >= 0.3 is 0 Å². The van der Waals surface area contributed by atoms with Crippen molar-refractivity contribution in [2.45, 2.75) is 43.9 Å². The number of phenols is 1. The van der Waals surface area contributed by atoms with Crippen LogP contribution in [-0.2, 0) is 27.3 Å². The summed E-state index contributed by atoms with van der Waals surface area (Å²) in [6, 6.07) is 1.61. The molecule has 0 spiro atoms. The third-order valence-corrected chi connectivity index (χ3v) is 7.54. The number of primary amides is 1. The normalized spacial score (nSPS) is 29.6. The highest BCUT2D eigenvalue weighted by Crippen LogP contribution is 2.53. The van der Waals surface area contributed by atoms with Crippen LogP contribution < -0.4 is 16.0 Å². The van der Waals surface area contributed by atoms with Crippen molar-refractivity contribution >= 4 is 28.9 Å². The molecule has 0 aromatic heterocycles. The third kappa shape index (κ3) is 3.84. The minimum Gasteiger partial charge on any atom is -0.507 e. The number of halogens is 2. The first-order chi connectivity index (χ1) is 16.8. The number of carbonyl (C=O) groups excluding carboxylic acids is 3. The van der Waals surface area contributed by atoms with Crippen molar-refractivity contribution in [2.75, 3.05) is 25.5 Å². The SMILES string of the molecule is CN(C)c1cc(CNCC(F)F)c(O)c2c1C[C@H]1C[C@H]3CC(O)C(C(N)=O)C(=O)[C@@]3(O)C(=O)C1=C2O. The summed E-state index contributed by atoms with van der Waals surface area (Å²) < 4.78 is 25.2. The largest absolute Gasteiger partial charge is 0.507 e. The molecule has 7 N–H and O–H groups in total. The molecule has 1 aromatic carbocycles. The molecule has 0 heterocycles. The van der Waals surface area contributed by atoms with Crippen molar-refractivity contribution < 1.29 is 43.6 Å². The highest BCUT2D eigenvalue weighted by Gasteiger charge is 2.64. The minimum atomic E-state index is -2.66.